The van der Waals surface area contributed by atoms with Crippen molar-refractivity contribution in [1.82, 2.24) is 15.1 Å². The summed E-state index contributed by atoms with van der Waals surface area (Å²) in [6, 6.07) is 1.92. The Kier molecular flexibility index (Phi) is 7.42. The number of rotatable bonds is 6. The largest absolute Gasteiger partial charge is 0.311 e. The van der Waals surface area contributed by atoms with Gasteiger partial charge in [-0.3, -0.25) is 4.68 Å². The Hall–Kier alpha value is -0.610. The van der Waals surface area contributed by atoms with Crippen LogP contribution in [0.1, 0.15) is 19.0 Å². The summed E-state index contributed by atoms with van der Waals surface area (Å²) in [4.78, 5) is 0. The molecule has 0 aliphatic carbocycles. The summed E-state index contributed by atoms with van der Waals surface area (Å²) >= 11 is 0. The van der Waals surface area contributed by atoms with Gasteiger partial charge in [-0.25, -0.2) is 4.39 Å². The number of halogens is 2. The number of nitrogens with one attached hydrogen (secondary N) is 1. The first kappa shape index (κ1) is 13.4. The molecule has 0 saturated heterocycles. The molecule has 0 unspecified atom stereocenters. The first-order valence-electron chi connectivity index (χ1n) is 4.66. The Morgan fingerprint density at radius 3 is 3.00 bits per heavy atom. The van der Waals surface area contributed by atoms with E-state index in [1.54, 1.807) is 4.68 Å². The van der Waals surface area contributed by atoms with Gasteiger partial charge in [0, 0.05) is 12.7 Å². The van der Waals surface area contributed by atoms with E-state index in [1.165, 1.54) is 0 Å². The molecule has 1 aromatic heterocycles. The maximum atomic E-state index is 11.9. The van der Waals surface area contributed by atoms with Crippen LogP contribution in [0.15, 0.2) is 12.3 Å². The second kappa shape index (κ2) is 7.76. The lowest BCUT2D eigenvalue weighted by molar-refractivity contribution is 0.425. The first-order valence-corrected chi connectivity index (χ1v) is 4.66. The summed E-state index contributed by atoms with van der Waals surface area (Å²) in [6.45, 7) is 3.88. The van der Waals surface area contributed by atoms with Gasteiger partial charge < -0.3 is 5.32 Å². The number of aryl methyl sites for hydroxylation is 1. The van der Waals surface area contributed by atoms with Gasteiger partial charge in [0.1, 0.15) is 6.67 Å². The molecule has 5 heteroatoms. The molecule has 0 aliphatic heterocycles. The van der Waals surface area contributed by atoms with E-state index >= 15 is 0 Å². The van der Waals surface area contributed by atoms with Crippen LogP contribution in [0.25, 0.3) is 0 Å². The van der Waals surface area contributed by atoms with Crippen LogP contribution in [-0.2, 0) is 13.1 Å². The summed E-state index contributed by atoms with van der Waals surface area (Å²) in [6.07, 6.45) is 2.92. The van der Waals surface area contributed by atoms with Gasteiger partial charge in [-0.2, -0.15) is 5.10 Å². The number of alkyl halides is 1. The normalized spacial score (nSPS) is 9.86. The number of hydrogen-bond acceptors (Lipinski definition) is 2. The van der Waals surface area contributed by atoms with Crippen molar-refractivity contribution in [1.29, 1.82) is 0 Å². The lowest BCUT2D eigenvalue weighted by atomic mass is 10.4. The average Bonchev–Trinajstić information content (AvgIpc) is 2.54. The molecule has 0 atom stereocenters. The molecule has 0 saturated carbocycles. The van der Waals surface area contributed by atoms with E-state index in [9.17, 15) is 4.39 Å². The van der Waals surface area contributed by atoms with Gasteiger partial charge >= 0.3 is 0 Å². The van der Waals surface area contributed by atoms with Crippen molar-refractivity contribution in [2.75, 3.05) is 13.2 Å². The lowest BCUT2D eigenvalue weighted by Gasteiger charge is -1.98. The molecule has 14 heavy (non-hydrogen) atoms. The monoisotopic (exact) mass is 221 g/mol. The zero-order valence-electron chi connectivity index (χ0n) is 8.37. The Balaban J connectivity index is 0.00000169. The van der Waals surface area contributed by atoms with E-state index in [4.69, 9.17) is 0 Å². The minimum absolute atomic E-state index is 0. The Bertz CT molecular complexity index is 240. The van der Waals surface area contributed by atoms with Crippen LogP contribution in [0.5, 0.6) is 0 Å². The summed E-state index contributed by atoms with van der Waals surface area (Å²) in [5.41, 5.74) is 0.974. The molecule has 0 aliphatic rings. The fraction of sp³-hybridized carbons (Fsp3) is 0.667. The molecule has 1 aromatic rings. The van der Waals surface area contributed by atoms with E-state index in [0.29, 0.717) is 6.54 Å². The summed E-state index contributed by atoms with van der Waals surface area (Å²) in [7, 11) is 0. The maximum Gasteiger partial charge on any atom is 0.109 e. The predicted octanol–water partition coefficient (Wildman–Crippen LogP) is 1.77. The fourth-order valence-corrected chi connectivity index (χ4v) is 1.10. The fourth-order valence-electron chi connectivity index (χ4n) is 1.10. The van der Waals surface area contributed by atoms with E-state index in [-0.39, 0.29) is 19.1 Å². The van der Waals surface area contributed by atoms with Gasteiger partial charge in [0.15, 0.2) is 0 Å². The average molecular weight is 222 g/mol. The van der Waals surface area contributed by atoms with Gasteiger partial charge in [-0.15, -0.1) is 12.4 Å². The number of hydrogen-bond donors (Lipinski definition) is 1. The Labute approximate surface area is 90.1 Å². The molecule has 0 aromatic carbocycles. The molecule has 3 nitrogen and oxygen atoms in total. The van der Waals surface area contributed by atoms with Crippen LogP contribution in [0, 0.1) is 0 Å². The molecule has 1 N–H and O–H groups in total. The second-order valence-electron chi connectivity index (χ2n) is 2.94. The third-order valence-corrected chi connectivity index (χ3v) is 1.74. The van der Waals surface area contributed by atoms with Crippen molar-refractivity contribution in [2.45, 2.75) is 26.4 Å². The highest BCUT2D eigenvalue weighted by Gasteiger charge is 1.97. The summed E-state index contributed by atoms with van der Waals surface area (Å²) in [5.74, 6) is 0. The maximum absolute atomic E-state index is 11.9. The number of nitrogens with zero attached hydrogens (tertiary/aromatic N) is 2. The third-order valence-electron chi connectivity index (χ3n) is 1.74. The Morgan fingerprint density at radius 2 is 2.36 bits per heavy atom. The minimum atomic E-state index is -0.358. The standard InChI is InChI=1S/C9H16FN3.ClH/c1-2-5-11-8-9-3-6-13(12-9)7-4-10;/h3,6,11H,2,4-5,7-8H2,1H3;1H. The van der Waals surface area contributed by atoms with Gasteiger partial charge in [0.2, 0.25) is 0 Å². The van der Waals surface area contributed by atoms with Crippen LogP contribution in [0.4, 0.5) is 4.39 Å². The van der Waals surface area contributed by atoms with Crippen molar-refractivity contribution in [2.24, 2.45) is 0 Å². The zero-order valence-corrected chi connectivity index (χ0v) is 9.19. The van der Waals surface area contributed by atoms with Gasteiger partial charge in [-0.1, -0.05) is 6.92 Å². The molecule has 0 amide bonds. The van der Waals surface area contributed by atoms with Gasteiger partial charge in [0.25, 0.3) is 0 Å². The van der Waals surface area contributed by atoms with E-state index in [2.05, 4.69) is 17.3 Å². The molecule has 0 bridgehead atoms. The van der Waals surface area contributed by atoms with E-state index in [1.807, 2.05) is 12.3 Å². The quantitative estimate of drug-likeness (QED) is 0.743. The lowest BCUT2D eigenvalue weighted by Crippen LogP contribution is -2.14. The van der Waals surface area contributed by atoms with Crippen molar-refractivity contribution in [3.63, 3.8) is 0 Å². The van der Waals surface area contributed by atoms with E-state index < -0.39 is 0 Å². The van der Waals surface area contributed by atoms with Crippen LogP contribution < -0.4 is 5.32 Å². The number of aromatic nitrogens is 2. The van der Waals surface area contributed by atoms with Crippen molar-refractivity contribution in [3.8, 4) is 0 Å². The smallest absolute Gasteiger partial charge is 0.109 e. The molecule has 1 rings (SSSR count). The van der Waals surface area contributed by atoms with Gasteiger partial charge in [-0.05, 0) is 19.0 Å². The van der Waals surface area contributed by atoms with Crippen LogP contribution in [0.3, 0.4) is 0 Å². The highest BCUT2D eigenvalue weighted by Crippen LogP contribution is 1.95. The zero-order chi connectivity index (χ0) is 9.52. The molecular weight excluding hydrogens is 205 g/mol. The molecule has 0 radical (unpaired) electrons. The Morgan fingerprint density at radius 1 is 1.57 bits per heavy atom. The predicted molar refractivity (Wildman–Crippen MR) is 57.4 cm³/mol. The highest BCUT2D eigenvalue weighted by molar-refractivity contribution is 5.85. The third kappa shape index (κ3) is 4.58. The van der Waals surface area contributed by atoms with Crippen LogP contribution in [-0.4, -0.2) is 23.0 Å². The second-order valence-corrected chi connectivity index (χ2v) is 2.94. The van der Waals surface area contributed by atoms with Gasteiger partial charge in [0.05, 0.1) is 12.2 Å². The SMILES string of the molecule is CCCNCc1ccn(CCF)n1.Cl. The van der Waals surface area contributed by atoms with E-state index in [0.717, 1.165) is 25.2 Å². The summed E-state index contributed by atoms with van der Waals surface area (Å²) < 4.78 is 13.5. The first-order chi connectivity index (χ1) is 6.36. The van der Waals surface area contributed by atoms with Crippen molar-refractivity contribution in [3.05, 3.63) is 18.0 Å². The van der Waals surface area contributed by atoms with Crippen LogP contribution >= 0.6 is 12.4 Å². The highest BCUT2D eigenvalue weighted by atomic mass is 35.5. The minimum Gasteiger partial charge on any atom is -0.311 e. The topological polar surface area (TPSA) is 29.9 Å². The van der Waals surface area contributed by atoms with Crippen LogP contribution in [0.2, 0.25) is 0 Å². The van der Waals surface area contributed by atoms with Crippen molar-refractivity contribution < 1.29 is 4.39 Å². The van der Waals surface area contributed by atoms with Crippen molar-refractivity contribution >= 4 is 12.4 Å². The molecule has 0 spiro atoms. The molecule has 1 heterocycles. The molecular formula is C9H17ClFN3. The molecule has 0 fully saturated rings. The molecule has 82 valence electrons. The summed E-state index contributed by atoms with van der Waals surface area (Å²) in [5, 5.41) is 7.42.